The van der Waals surface area contributed by atoms with E-state index in [4.69, 9.17) is 16.7 Å². The number of anilines is 1. The van der Waals surface area contributed by atoms with Gasteiger partial charge in [-0.3, -0.25) is 0 Å². The maximum Gasteiger partial charge on any atom is 0.242 e. The van der Waals surface area contributed by atoms with Crippen LogP contribution in [0.25, 0.3) is 0 Å². The van der Waals surface area contributed by atoms with E-state index in [1.54, 1.807) is 7.05 Å². The summed E-state index contributed by atoms with van der Waals surface area (Å²) in [7, 11) is -6.01. The number of halogens is 1. The van der Waals surface area contributed by atoms with E-state index >= 15 is 0 Å². The van der Waals surface area contributed by atoms with Crippen LogP contribution in [0.15, 0.2) is 17.2 Å². The van der Waals surface area contributed by atoms with Crippen LogP contribution in [0.2, 0.25) is 5.02 Å². The van der Waals surface area contributed by atoms with Crippen molar-refractivity contribution in [1.29, 1.82) is 0 Å². The number of pyridine rings is 1. The molecule has 0 aliphatic rings. The molecular formula is C8H13ClN4O4S2. The molecule has 8 nitrogen and oxygen atoms in total. The molecule has 0 bridgehead atoms. The van der Waals surface area contributed by atoms with Gasteiger partial charge in [-0.25, -0.2) is 31.7 Å². The highest BCUT2D eigenvalue weighted by atomic mass is 35.5. The van der Waals surface area contributed by atoms with Crippen molar-refractivity contribution in [2.45, 2.75) is 4.90 Å². The first-order valence-corrected chi connectivity index (χ1v) is 8.57. The van der Waals surface area contributed by atoms with Crippen molar-refractivity contribution >= 4 is 37.5 Å². The van der Waals surface area contributed by atoms with E-state index in [1.807, 2.05) is 0 Å². The van der Waals surface area contributed by atoms with E-state index in [9.17, 15) is 16.8 Å². The van der Waals surface area contributed by atoms with Crippen LogP contribution in [0.5, 0.6) is 0 Å². The Hall–Kier alpha value is -0.940. The van der Waals surface area contributed by atoms with Crippen molar-refractivity contribution in [3.63, 3.8) is 0 Å². The second-order valence-electron chi connectivity index (χ2n) is 3.52. The summed E-state index contributed by atoms with van der Waals surface area (Å²) in [5.41, 5.74) is 0. The lowest BCUT2D eigenvalue weighted by Gasteiger charge is -2.08. The Morgan fingerprint density at radius 1 is 1.37 bits per heavy atom. The van der Waals surface area contributed by atoms with Crippen molar-refractivity contribution < 1.29 is 16.8 Å². The minimum atomic E-state index is -3.87. The maximum absolute atomic E-state index is 11.8. The maximum atomic E-state index is 11.8. The van der Waals surface area contributed by atoms with Gasteiger partial charge in [0.25, 0.3) is 0 Å². The highest BCUT2D eigenvalue weighted by molar-refractivity contribution is 7.90. The molecule has 0 saturated carbocycles. The van der Waals surface area contributed by atoms with Gasteiger partial charge in [-0.05, 0) is 6.07 Å². The third-order valence-electron chi connectivity index (χ3n) is 2.04. The first kappa shape index (κ1) is 16.1. The van der Waals surface area contributed by atoms with Crippen LogP contribution in [0.3, 0.4) is 0 Å². The van der Waals surface area contributed by atoms with E-state index in [0.717, 1.165) is 6.20 Å². The summed E-state index contributed by atoms with van der Waals surface area (Å²) in [4.78, 5) is 3.65. The molecule has 0 radical (unpaired) electrons. The largest absolute Gasteiger partial charge is 0.372 e. The first-order chi connectivity index (χ1) is 8.65. The van der Waals surface area contributed by atoms with Gasteiger partial charge < -0.3 is 5.32 Å². The van der Waals surface area contributed by atoms with Crippen molar-refractivity contribution in [2.24, 2.45) is 5.14 Å². The van der Waals surface area contributed by atoms with E-state index in [2.05, 4.69) is 15.0 Å². The van der Waals surface area contributed by atoms with Gasteiger partial charge in [0.2, 0.25) is 20.0 Å². The van der Waals surface area contributed by atoms with Gasteiger partial charge in [0.1, 0.15) is 10.7 Å². The monoisotopic (exact) mass is 328 g/mol. The van der Waals surface area contributed by atoms with Gasteiger partial charge in [-0.15, -0.1) is 0 Å². The molecule has 0 aliphatic carbocycles. The van der Waals surface area contributed by atoms with Crippen LogP contribution in [0.4, 0.5) is 5.82 Å². The second kappa shape index (κ2) is 6.01. The number of nitrogens with zero attached hydrogens (tertiary/aromatic N) is 1. The lowest BCUT2D eigenvalue weighted by atomic mass is 10.4. The van der Waals surface area contributed by atoms with Gasteiger partial charge in [-0.2, -0.15) is 0 Å². The van der Waals surface area contributed by atoms with Crippen LogP contribution >= 0.6 is 11.6 Å². The fourth-order valence-corrected chi connectivity index (χ4v) is 3.00. The number of nitrogens with two attached hydrogens (primary N) is 1. The lowest BCUT2D eigenvalue weighted by Crippen LogP contribution is -2.31. The Morgan fingerprint density at radius 3 is 2.47 bits per heavy atom. The molecule has 0 spiro atoms. The van der Waals surface area contributed by atoms with E-state index < -0.39 is 25.8 Å². The summed E-state index contributed by atoms with van der Waals surface area (Å²) in [5, 5.41) is 7.58. The molecule has 0 saturated heterocycles. The Bertz CT molecular complexity index is 659. The van der Waals surface area contributed by atoms with E-state index in [-0.39, 0.29) is 16.5 Å². The lowest BCUT2D eigenvalue weighted by molar-refractivity contribution is 0.581. The Kier molecular flexibility index (Phi) is 5.10. The third-order valence-corrected chi connectivity index (χ3v) is 4.53. The Labute approximate surface area is 116 Å². The summed E-state index contributed by atoms with van der Waals surface area (Å²) in [5.74, 6) is -0.160. The number of aromatic nitrogens is 1. The van der Waals surface area contributed by atoms with Crippen molar-refractivity contribution in [1.82, 2.24) is 9.71 Å². The Balaban J connectivity index is 2.86. The highest BCUT2D eigenvalue weighted by Gasteiger charge is 2.17. The molecule has 1 heterocycles. The average Bonchev–Trinajstić information content (AvgIpc) is 2.26. The first-order valence-electron chi connectivity index (χ1n) is 4.99. The minimum absolute atomic E-state index is 0.136. The molecule has 0 aromatic carbocycles. The molecule has 19 heavy (non-hydrogen) atoms. The molecule has 0 fully saturated rings. The van der Waals surface area contributed by atoms with Crippen LogP contribution < -0.4 is 15.2 Å². The van der Waals surface area contributed by atoms with Crippen LogP contribution in [0.1, 0.15) is 0 Å². The van der Waals surface area contributed by atoms with E-state index in [0.29, 0.717) is 5.82 Å². The van der Waals surface area contributed by atoms with Gasteiger partial charge in [0.15, 0.2) is 0 Å². The fourth-order valence-electron chi connectivity index (χ4n) is 1.15. The molecule has 4 N–H and O–H groups in total. The normalized spacial score (nSPS) is 12.4. The number of sulfonamides is 2. The SMILES string of the molecule is CNc1ncc(S(=O)(=O)NCCS(N)(=O)=O)cc1Cl. The predicted octanol–water partition coefficient (Wildman–Crippen LogP) is -0.656. The molecule has 1 rings (SSSR count). The van der Waals surface area contributed by atoms with Crippen molar-refractivity contribution in [2.75, 3.05) is 24.7 Å². The highest BCUT2D eigenvalue weighted by Crippen LogP contribution is 2.21. The molecule has 0 atom stereocenters. The quantitative estimate of drug-likeness (QED) is 0.635. The molecule has 108 valence electrons. The molecule has 11 heteroatoms. The number of primary sulfonamides is 1. The van der Waals surface area contributed by atoms with Crippen molar-refractivity contribution in [3.05, 3.63) is 17.3 Å². The average molecular weight is 329 g/mol. The molecule has 1 aromatic heterocycles. The van der Waals surface area contributed by atoms with Crippen LogP contribution in [-0.4, -0.2) is 41.2 Å². The smallest absolute Gasteiger partial charge is 0.242 e. The molecular weight excluding hydrogens is 316 g/mol. The molecule has 0 amide bonds. The molecule has 0 unspecified atom stereocenters. The zero-order chi connectivity index (χ0) is 14.7. The van der Waals surface area contributed by atoms with Gasteiger partial charge in [0.05, 0.1) is 10.8 Å². The zero-order valence-corrected chi connectivity index (χ0v) is 12.3. The number of rotatable bonds is 6. The summed E-state index contributed by atoms with van der Waals surface area (Å²) >= 11 is 5.81. The topological polar surface area (TPSA) is 131 Å². The number of hydrogen-bond acceptors (Lipinski definition) is 6. The van der Waals surface area contributed by atoms with Crippen molar-refractivity contribution in [3.8, 4) is 0 Å². The summed E-state index contributed by atoms with van der Waals surface area (Å²) in [6.07, 6.45) is 1.11. The minimum Gasteiger partial charge on any atom is -0.372 e. The number of hydrogen-bond donors (Lipinski definition) is 3. The van der Waals surface area contributed by atoms with Gasteiger partial charge in [-0.1, -0.05) is 11.6 Å². The van der Waals surface area contributed by atoms with E-state index in [1.165, 1.54) is 6.07 Å². The summed E-state index contributed by atoms with van der Waals surface area (Å²) in [6, 6.07) is 1.21. The Morgan fingerprint density at radius 2 is 2.00 bits per heavy atom. The predicted molar refractivity (Wildman–Crippen MR) is 72.0 cm³/mol. The second-order valence-corrected chi connectivity index (χ2v) is 7.42. The summed E-state index contributed by atoms with van der Waals surface area (Å²) < 4.78 is 47.1. The van der Waals surface area contributed by atoms with Gasteiger partial charge >= 0.3 is 0 Å². The zero-order valence-electron chi connectivity index (χ0n) is 9.92. The van der Waals surface area contributed by atoms with Crippen LogP contribution in [0, 0.1) is 0 Å². The van der Waals surface area contributed by atoms with Gasteiger partial charge in [0, 0.05) is 19.8 Å². The third kappa shape index (κ3) is 4.91. The standard InChI is InChI=1S/C8H13ClN4O4S2/c1-11-8-7(9)4-6(5-12-8)19(16,17)13-2-3-18(10,14)15/h4-5,13H,2-3H2,1H3,(H,11,12)(H2,10,14,15). The fraction of sp³-hybridized carbons (Fsp3) is 0.375. The molecule has 1 aromatic rings. The van der Waals surface area contributed by atoms with Crippen LogP contribution in [-0.2, 0) is 20.0 Å². The number of nitrogens with one attached hydrogen (secondary N) is 2. The molecule has 0 aliphatic heterocycles. The summed E-state index contributed by atoms with van der Waals surface area (Å²) in [6.45, 7) is -0.327.